The number of carboxylic acid groups (broad SMARTS) is 2. The molecule has 0 aliphatic heterocycles. The van der Waals surface area contributed by atoms with Crippen LogP contribution in [0.1, 0.15) is 49.5 Å². The van der Waals surface area contributed by atoms with Crippen LogP contribution >= 0.6 is 23.2 Å². The van der Waals surface area contributed by atoms with E-state index < -0.39 is 46.5 Å². The Kier molecular flexibility index (Phi) is 8.00. The van der Waals surface area contributed by atoms with Gasteiger partial charge in [0.05, 0.1) is 16.0 Å². The Labute approximate surface area is 219 Å². The summed E-state index contributed by atoms with van der Waals surface area (Å²) in [4.78, 5) is 49.2. The Bertz CT molecular complexity index is 1200. The third-order valence-electron chi connectivity index (χ3n) is 7.45. The van der Waals surface area contributed by atoms with Crippen LogP contribution < -0.4 is 10.6 Å². The number of carboxylic acids is 2. The first-order valence-corrected chi connectivity index (χ1v) is 12.1. The van der Waals surface area contributed by atoms with E-state index in [0.717, 1.165) is 0 Å². The van der Waals surface area contributed by atoms with Gasteiger partial charge in [0.1, 0.15) is 6.04 Å². The van der Waals surface area contributed by atoms with Gasteiger partial charge in [-0.3, -0.25) is 14.4 Å². The van der Waals surface area contributed by atoms with Gasteiger partial charge in [-0.15, -0.1) is 0 Å². The average molecular weight is 535 g/mol. The van der Waals surface area contributed by atoms with Gasteiger partial charge in [-0.05, 0) is 61.1 Å². The van der Waals surface area contributed by atoms with Crippen LogP contribution in [-0.4, -0.2) is 40.0 Å². The zero-order valence-electron chi connectivity index (χ0n) is 20.1. The van der Waals surface area contributed by atoms with Gasteiger partial charge in [0, 0.05) is 23.0 Å². The van der Waals surface area contributed by atoms with E-state index in [4.69, 9.17) is 23.2 Å². The van der Waals surface area contributed by atoms with E-state index in [9.17, 15) is 29.4 Å². The molecule has 0 aromatic heterocycles. The van der Waals surface area contributed by atoms with E-state index in [1.165, 1.54) is 12.1 Å². The Morgan fingerprint density at radius 3 is 2.22 bits per heavy atom. The fourth-order valence-electron chi connectivity index (χ4n) is 4.64. The summed E-state index contributed by atoms with van der Waals surface area (Å²) in [6.07, 6.45) is 0.705. The van der Waals surface area contributed by atoms with Gasteiger partial charge < -0.3 is 20.8 Å². The normalized spacial score (nSPS) is 21.4. The molecule has 36 heavy (non-hydrogen) atoms. The number of benzene rings is 2. The quantitative estimate of drug-likeness (QED) is 0.381. The van der Waals surface area contributed by atoms with Crippen LogP contribution in [0.2, 0.25) is 10.0 Å². The summed E-state index contributed by atoms with van der Waals surface area (Å²) >= 11 is 12.0. The first-order valence-electron chi connectivity index (χ1n) is 11.4. The monoisotopic (exact) mass is 534 g/mol. The summed E-state index contributed by atoms with van der Waals surface area (Å²) in [6.45, 7) is 5.09. The third-order valence-corrected chi connectivity index (χ3v) is 8.02. The highest BCUT2D eigenvalue weighted by Crippen LogP contribution is 2.56. The van der Waals surface area contributed by atoms with Crippen LogP contribution in [0.25, 0.3) is 0 Å². The van der Waals surface area contributed by atoms with Gasteiger partial charge in [-0.2, -0.15) is 0 Å². The van der Waals surface area contributed by atoms with E-state index >= 15 is 0 Å². The lowest BCUT2D eigenvalue weighted by atomic mass is 9.65. The van der Waals surface area contributed by atoms with Crippen molar-refractivity contribution < 1.29 is 29.4 Å². The molecule has 2 amide bonds. The molecule has 0 spiro atoms. The van der Waals surface area contributed by atoms with Crippen molar-refractivity contribution in [2.75, 3.05) is 5.32 Å². The van der Waals surface area contributed by atoms with Crippen molar-refractivity contribution in [1.82, 2.24) is 5.32 Å². The number of aliphatic carboxylic acids is 2. The number of hydrogen-bond donors (Lipinski definition) is 4. The molecule has 1 aliphatic rings. The second-order valence-corrected chi connectivity index (χ2v) is 10.7. The maximum absolute atomic E-state index is 13.0. The number of rotatable bonds is 8. The smallest absolute Gasteiger partial charge is 0.326 e. The third kappa shape index (κ3) is 5.50. The summed E-state index contributed by atoms with van der Waals surface area (Å²) in [6, 6.07) is 9.89. The van der Waals surface area contributed by atoms with Crippen LogP contribution in [0, 0.1) is 16.7 Å². The number of halogens is 2. The van der Waals surface area contributed by atoms with Crippen LogP contribution in [0.15, 0.2) is 42.5 Å². The topological polar surface area (TPSA) is 133 Å². The Hall–Kier alpha value is -3.10. The molecule has 3 rings (SSSR count). The number of nitrogens with one attached hydrogen (secondary N) is 2. The van der Waals surface area contributed by atoms with Gasteiger partial charge >= 0.3 is 11.9 Å². The molecular formula is C26H28Cl2N2O6. The molecule has 192 valence electrons. The molecule has 0 heterocycles. The highest BCUT2D eigenvalue weighted by atomic mass is 35.5. The molecule has 0 saturated heterocycles. The largest absolute Gasteiger partial charge is 0.481 e. The summed E-state index contributed by atoms with van der Waals surface area (Å²) < 4.78 is 0. The highest BCUT2D eigenvalue weighted by Gasteiger charge is 2.58. The van der Waals surface area contributed by atoms with Gasteiger partial charge in [0.2, 0.25) is 5.91 Å². The van der Waals surface area contributed by atoms with E-state index in [2.05, 4.69) is 10.6 Å². The SMILES string of the molecule is CC1(C)[C@@H](C(=O)N[C@@H](Cc2ccc(NC(=O)c3cc(Cl)ccc3Cl)cc2)C(=O)O)CC[C@@]1(C)C(=O)O. The summed E-state index contributed by atoms with van der Waals surface area (Å²) in [5.74, 6) is -3.72. The predicted molar refractivity (Wildman–Crippen MR) is 136 cm³/mol. The standard InChI is InChI=1S/C26H28Cl2N2O6/c1-25(2)18(10-11-26(25,3)24(35)36)22(32)30-20(23(33)34)12-14-4-7-16(8-5-14)29-21(31)17-13-15(27)6-9-19(17)28/h4-9,13,18,20H,10-12H2,1-3H3,(H,29,31)(H,30,32)(H,33,34)(H,35,36)/t18-,20+,26+/m1/s1. The minimum absolute atomic E-state index is 0.0127. The fraction of sp³-hybridized carbons (Fsp3) is 0.385. The predicted octanol–water partition coefficient (Wildman–Crippen LogP) is 4.88. The number of anilines is 1. The molecule has 1 aliphatic carbocycles. The second-order valence-electron chi connectivity index (χ2n) is 9.83. The number of carbonyl (C=O) groups is 4. The maximum Gasteiger partial charge on any atom is 0.326 e. The number of amides is 2. The molecule has 4 N–H and O–H groups in total. The van der Waals surface area contributed by atoms with Crippen LogP contribution in [-0.2, 0) is 20.8 Å². The van der Waals surface area contributed by atoms with Crippen LogP contribution in [0.5, 0.6) is 0 Å². The zero-order chi connectivity index (χ0) is 26.8. The van der Waals surface area contributed by atoms with Crippen LogP contribution in [0.4, 0.5) is 5.69 Å². The van der Waals surface area contributed by atoms with E-state index in [1.807, 2.05) is 0 Å². The van der Waals surface area contributed by atoms with Crippen molar-refractivity contribution in [3.8, 4) is 0 Å². The van der Waals surface area contributed by atoms with Crippen molar-refractivity contribution in [3.63, 3.8) is 0 Å². The van der Waals surface area contributed by atoms with E-state index in [1.54, 1.807) is 51.1 Å². The first-order chi connectivity index (χ1) is 16.8. The molecule has 2 aromatic carbocycles. The molecule has 10 heteroatoms. The maximum atomic E-state index is 13.0. The molecule has 0 radical (unpaired) electrons. The van der Waals surface area contributed by atoms with Crippen molar-refractivity contribution in [2.24, 2.45) is 16.7 Å². The van der Waals surface area contributed by atoms with Crippen molar-refractivity contribution in [3.05, 3.63) is 63.6 Å². The first kappa shape index (κ1) is 27.5. The molecular weight excluding hydrogens is 507 g/mol. The molecule has 2 aromatic rings. The average Bonchev–Trinajstić information content (AvgIpc) is 3.05. The minimum Gasteiger partial charge on any atom is -0.481 e. The minimum atomic E-state index is -1.20. The Balaban J connectivity index is 1.67. The highest BCUT2D eigenvalue weighted by molar-refractivity contribution is 6.36. The summed E-state index contributed by atoms with van der Waals surface area (Å²) in [5.41, 5.74) is -0.615. The summed E-state index contributed by atoms with van der Waals surface area (Å²) in [7, 11) is 0. The van der Waals surface area contributed by atoms with Gasteiger partial charge in [-0.1, -0.05) is 49.2 Å². The summed E-state index contributed by atoms with van der Waals surface area (Å²) in [5, 5.41) is 25.3. The number of carbonyl (C=O) groups excluding carboxylic acids is 2. The lowest BCUT2D eigenvalue weighted by Crippen LogP contribution is -2.49. The zero-order valence-corrected chi connectivity index (χ0v) is 21.6. The molecule has 1 saturated carbocycles. The number of hydrogen-bond acceptors (Lipinski definition) is 4. The molecule has 3 atom stereocenters. The van der Waals surface area contributed by atoms with Crippen molar-refractivity contribution in [2.45, 2.75) is 46.1 Å². The lowest BCUT2D eigenvalue weighted by Gasteiger charge is -2.38. The molecule has 1 fully saturated rings. The molecule has 0 unspecified atom stereocenters. The van der Waals surface area contributed by atoms with E-state index in [0.29, 0.717) is 29.1 Å². The molecule has 0 bridgehead atoms. The van der Waals surface area contributed by atoms with Crippen LogP contribution in [0.3, 0.4) is 0 Å². The van der Waals surface area contributed by atoms with Gasteiger partial charge in [0.25, 0.3) is 5.91 Å². The van der Waals surface area contributed by atoms with Gasteiger partial charge in [0.15, 0.2) is 0 Å². The Morgan fingerprint density at radius 1 is 1.03 bits per heavy atom. The lowest BCUT2D eigenvalue weighted by molar-refractivity contribution is -0.155. The van der Waals surface area contributed by atoms with E-state index in [-0.39, 0.29) is 17.0 Å². The van der Waals surface area contributed by atoms with Gasteiger partial charge in [-0.25, -0.2) is 4.79 Å². The van der Waals surface area contributed by atoms with Crippen molar-refractivity contribution >= 4 is 52.6 Å². The van der Waals surface area contributed by atoms with Crippen molar-refractivity contribution in [1.29, 1.82) is 0 Å². The Morgan fingerprint density at radius 2 is 1.67 bits per heavy atom. The second kappa shape index (κ2) is 10.5. The molecule has 8 nitrogen and oxygen atoms in total. The fourth-order valence-corrected chi connectivity index (χ4v) is 5.02.